The number of hydrogen-bond donors (Lipinski definition) is 1. The van der Waals surface area contributed by atoms with Gasteiger partial charge in [-0.15, -0.1) is 0 Å². The van der Waals surface area contributed by atoms with Crippen LogP contribution in [0.5, 0.6) is 5.75 Å². The van der Waals surface area contributed by atoms with E-state index in [1.807, 2.05) is 37.3 Å². The Labute approximate surface area is 187 Å². The van der Waals surface area contributed by atoms with Gasteiger partial charge in [0.2, 0.25) is 10.0 Å². The van der Waals surface area contributed by atoms with Crippen molar-refractivity contribution in [2.75, 3.05) is 25.0 Å². The molecule has 0 spiro atoms. The molecule has 9 heteroatoms. The van der Waals surface area contributed by atoms with Gasteiger partial charge in [0.05, 0.1) is 29.7 Å². The first kappa shape index (κ1) is 22.0. The van der Waals surface area contributed by atoms with E-state index in [9.17, 15) is 13.2 Å². The Bertz CT molecular complexity index is 1220. The molecule has 1 saturated heterocycles. The van der Waals surface area contributed by atoms with Crippen molar-refractivity contribution in [3.63, 3.8) is 0 Å². The fourth-order valence-corrected chi connectivity index (χ4v) is 5.46. The van der Waals surface area contributed by atoms with Crippen molar-refractivity contribution in [3.8, 4) is 11.4 Å². The molecule has 0 unspecified atom stereocenters. The molecule has 2 aromatic carbocycles. The Hall–Kier alpha value is -3.17. The van der Waals surface area contributed by atoms with Gasteiger partial charge in [0.15, 0.2) is 0 Å². The summed E-state index contributed by atoms with van der Waals surface area (Å²) in [4.78, 5) is 13.0. The maximum Gasteiger partial charge on any atom is 0.259 e. The second-order valence-electron chi connectivity index (χ2n) is 7.55. The summed E-state index contributed by atoms with van der Waals surface area (Å²) in [6.07, 6.45) is 3.18. The van der Waals surface area contributed by atoms with Crippen LogP contribution >= 0.6 is 0 Å². The molecule has 0 atom stereocenters. The summed E-state index contributed by atoms with van der Waals surface area (Å²) in [5.74, 6) is -0.0798. The highest BCUT2D eigenvalue weighted by Gasteiger charge is 2.30. The lowest BCUT2D eigenvalue weighted by Crippen LogP contribution is -2.28. The van der Waals surface area contributed by atoms with E-state index in [0.717, 1.165) is 18.5 Å². The van der Waals surface area contributed by atoms with Crippen LogP contribution in [0.1, 0.15) is 35.8 Å². The summed E-state index contributed by atoms with van der Waals surface area (Å²) in [7, 11) is -3.71. The van der Waals surface area contributed by atoms with Crippen molar-refractivity contribution >= 4 is 21.6 Å². The Morgan fingerprint density at radius 2 is 1.84 bits per heavy atom. The molecule has 1 amide bonds. The molecule has 32 heavy (non-hydrogen) atoms. The number of carbonyl (C=O) groups is 1. The van der Waals surface area contributed by atoms with E-state index in [1.165, 1.54) is 16.6 Å². The van der Waals surface area contributed by atoms with Gasteiger partial charge in [-0.25, -0.2) is 13.1 Å². The third-order valence-corrected chi connectivity index (χ3v) is 7.36. The average Bonchev–Trinajstić information content (AvgIpc) is 3.46. The second kappa shape index (κ2) is 9.13. The molecule has 1 aliphatic rings. The molecule has 168 valence electrons. The molecule has 0 bridgehead atoms. The molecular weight excluding hydrogens is 428 g/mol. The lowest BCUT2D eigenvalue weighted by Gasteiger charge is -2.19. The number of anilines is 1. The Morgan fingerprint density at radius 3 is 2.53 bits per heavy atom. The minimum atomic E-state index is -3.71. The number of ether oxygens (including phenoxy) is 1. The minimum Gasteiger partial charge on any atom is -0.492 e. The van der Waals surface area contributed by atoms with Gasteiger partial charge in [0.1, 0.15) is 10.6 Å². The van der Waals surface area contributed by atoms with Crippen LogP contribution in [0.2, 0.25) is 0 Å². The van der Waals surface area contributed by atoms with Gasteiger partial charge in [-0.05, 0) is 57.0 Å². The molecule has 3 aromatic rings. The standard InChI is InChI=1S/C23H26N4O4S/c1-3-31-21-12-11-18(15-22(21)32(29,30)26-13-7-8-14-26)25-23(28)20-16-24-27(17(20)2)19-9-5-4-6-10-19/h4-6,9-12,15-16H,3,7-8,13-14H2,1-2H3,(H,25,28). The van der Waals surface area contributed by atoms with Crippen LogP contribution < -0.4 is 10.1 Å². The summed E-state index contributed by atoms with van der Waals surface area (Å²) in [6, 6.07) is 14.2. The monoisotopic (exact) mass is 454 g/mol. The minimum absolute atomic E-state index is 0.0655. The van der Waals surface area contributed by atoms with Gasteiger partial charge in [-0.1, -0.05) is 18.2 Å². The van der Waals surface area contributed by atoms with Gasteiger partial charge < -0.3 is 10.1 Å². The van der Waals surface area contributed by atoms with Crippen molar-refractivity contribution in [3.05, 3.63) is 66.0 Å². The van der Waals surface area contributed by atoms with Gasteiger partial charge in [0.25, 0.3) is 5.91 Å². The first-order valence-corrected chi connectivity index (χ1v) is 12.0. The highest BCUT2D eigenvalue weighted by Crippen LogP contribution is 2.32. The van der Waals surface area contributed by atoms with Gasteiger partial charge in [-0.2, -0.15) is 9.40 Å². The number of para-hydroxylation sites is 1. The molecule has 0 radical (unpaired) electrons. The summed E-state index contributed by atoms with van der Waals surface area (Å²) < 4.78 is 35.1. The Kier molecular flexibility index (Phi) is 6.29. The SMILES string of the molecule is CCOc1ccc(NC(=O)c2cnn(-c3ccccc3)c2C)cc1S(=O)(=O)N1CCCC1. The maximum absolute atomic E-state index is 13.2. The van der Waals surface area contributed by atoms with Crippen molar-refractivity contribution < 1.29 is 17.9 Å². The number of nitrogens with one attached hydrogen (secondary N) is 1. The molecule has 2 heterocycles. The topological polar surface area (TPSA) is 93.5 Å². The number of nitrogens with zero attached hydrogens (tertiary/aromatic N) is 3. The molecule has 1 N–H and O–H groups in total. The largest absolute Gasteiger partial charge is 0.492 e. The average molecular weight is 455 g/mol. The third kappa shape index (κ3) is 4.26. The molecular formula is C23H26N4O4S. The zero-order valence-electron chi connectivity index (χ0n) is 18.1. The number of benzene rings is 2. The van der Waals surface area contributed by atoms with Crippen LogP contribution in [0.15, 0.2) is 59.6 Å². The summed E-state index contributed by atoms with van der Waals surface area (Å²) in [6.45, 7) is 4.93. The zero-order valence-corrected chi connectivity index (χ0v) is 18.9. The van der Waals surface area contributed by atoms with Crippen LogP contribution in [0.4, 0.5) is 5.69 Å². The van der Waals surface area contributed by atoms with Crippen LogP contribution in [0, 0.1) is 6.92 Å². The molecule has 0 aliphatic carbocycles. The van der Waals surface area contributed by atoms with E-state index in [4.69, 9.17) is 4.74 Å². The van der Waals surface area contributed by atoms with Crippen molar-refractivity contribution in [2.24, 2.45) is 0 Å². The highest BCUT2D eigenvalue weighted by molar-refractivity contribution is 7.89. The maximum atomic E-state index is 13.2. The third-order valence-electron chi connectivity index (χ3n) is 5.44. The quantitative estimate of drug-likeness (QED) is 0.589. The summed E-state index contributed by atoms with van der Waals surface area (Å²) in [5.41, 5.74) is 2.32. The molecule has 0 saturated carbocycles. The number of carbonyl (C=O) groups excluding carboxylic acids is 1. The normalized spacial score (nSPS) is 14.4. The van der Waals surface area contributed by atoms with E-state index in [-0.39, 0.29) is 16.6 Å². The summed E-state index contributed by atoms with van der Waals surface area (Å²) >= 11 is 0. The van der Waals surface area contributed by atoms with Crippen LogP contribution in [0.25, 0.3) is 5.69 Å². The van der Waals surface area contributed by atoms with Crippen LogP contribution in [0.3, 0.4) is 0 Å². The van der Waals surface area contributed by atoms with Crippen molar-refractivity contribution in [1.82, 2.24) is 14.1 Å². The number of rotatable bonds is 7. The number of sulfonamides is 1. The summed E-state index contributed by atoms with van der Waals surface area (Å²) in [5, 5.41) is 7.13. The van der Waals surface area contributed by atoms with Crippen molar-refractivity contribution in [2.45, 2.75) is 31.6 Å². The lowest BCUT2D eigenvalue weighted by atomic mass is 10.2. The van der Waals surface area contributed by atoms with E-state index in [2.05, 4.69) is 10.4 Å². The van der Waals surface area contributed by atoms with Gasteiger partial charge >= 0.3 is 0 Å². The number of amides is 1. The molecule has 1 fully saturated rings. The molecule has 1 aliphatic heterocycles. The smallest absolute Gasteiger partial charge is 0.259 e. The fourth-order valence-electron chi connectivity index (χ4n) is 3.79. The van der Waals surface area contributed by atoms with E-state index >= 15 is 0 Å². The Balaban J connectivity index is 1.62. The molecule has 4 rings (SSSR count). The molecule has 1 aromatic heterocycles. The van der Waals surface area contributed by atoms with Crippen LogP contribution in [-0.2, 0) is 10.0 Å². The first-order valence-electron chi connectivity index (χ1n) is 10.6. The van der Waals surface area contributed by atoms with E-state index in [0.29, 0.717) is 36.6 Å². The van der Waals surface area contributed by atoms with Gasteiger partial charge in [-0.3, -0.25) is 4.79 Å². The predicted octanol–water partition coefficient (Wildman–Crippen LogP) is 3.62. The second-order valence-corrected chi connectivity index (χ2v) is 9.46. The van der Waals surface area contributed by atoms with E-state index in [1.54, 1.807) is 23.7 Å². The lowest BCUT2D eigenvalue weighted by molar-refractivity contribution is 0.102. The van der Waals surface area contributed by atoms with Gasteiger partial charge in [0, 0.05) is 18.8 Å². The molecule has 8 nitrogen and oxygen atoms in total. The number of hydrogen-bond acceptors (Lipinski definition) is 5. The van der Waals surface area contributed by atoms with E-state index < -0.39 is 10.0 Å². The number of aromatic nitrogens is 2. The van der Waals surface area contributed by atoms with Crippen LogP contribution in [-0.4, -0.2) is 48.1 Å². The van der Waals surface area contributed by atoms with Crippen molar-refractivity contribution in [1.29, 1.82) is 0 Å². The zero-order chi connectivity index (χ0) is 22.7. The Morgan fingerprint density at radius 1 is 1.12 bits per heavy atom. The first-order chi connectivity index (χ1) is 15.4. The fraction of sp³-hybridized carbons (Fsp3) is 0.304. The highest BCUT2D eigenvalue weighted by atomic mass is 32.2. The predicted molar refractivity (Wildman–Crippen MR) is 122 cm³/mol.